The molecule has 2 rings (SSSR count). The van der Waals surface area contributed by atoms with Crippen LogP contribution < -0.4 is 5.32 Å². The van der Waals surface area contributed by atoms with Gasteiger partial charge in [-0.05, 0) is 36.8 Å². The molecule has 0 spiro atoms. The molecule has 0 saturated heterocycles. The van der Waals surface area contributed by atoms with Crippen LogP contribution in [-0.4, -0.2) is 24.1 Å². The molecule has 0 unspecified atom stereocenters. The summed E-state index contributed by atoms with van der Waals surface area (Å²) in [5.41, 5.74) is 1.60. The Hall–Kier alpha value is -2.18. The van der Waals surface area contributed by atoms with E-state index in [0.29, 0.717) is 10.6 Å². The number of aromatic carboxylic acids is 1. The molecule has 1 aromatic heterocycles. The van der Waals surface area contributed by atoms with E-state index in [0.717, 1.165) is 16.9 Å². The average Bonchev–Trinajstić information content (AvgIpc) is 2.97. The number of amides is 1. The van der Waals surface area contributed by atoms with E-state index in [1.165, 1.54) is 12.1 Å². The van der Waals surface area contributed by atoms with Crippen LogP contribution in [0.2, 0.25) is 0 Å². The number of hydrogen-bond acceptors (Lipinski definition) is 4. The molecule has 6 heteroatoms. The number of methoxy groups -OCH3 is 1. The topological polar surface area (TPSA) is 75.6 Å². The summed E-state index contributed by atoms with van der Waals surface area (Å²) in [6.45, 7) is 1.92. The van der Waals surface area contributed by atoms with Crippen LogP contribution in [-0.2, 0) is 4.74 Å². The number of carbonyl (C=O) groups is 2. The van der Waals surface area contributed by atoms with E-state index < -0.39 is 5.97 Å². The van der Waals surface area contributed by atoms with Crippen molar-refractivity contribution in [2.24, 2.45) is 0 Å². The Labute approximate surface area is 126 Å². The second-order valence-corrected chi connectivity index (χ2v) is 5.51. The molecule has 0 fully saturated rings. The predicted octanol–water partition coefficient (Wildman–Crippen LogP) is 3.41. The maximum Gasteiger partial charge on any atom is 0.345 e. The van der Waals surface area contributed by atoms with E-state index in [-0.39, 0.29) is 16.9 Å². The highest BCUT2D eigenvalue weighted by atomic mass is 32.1. The number of thiophene rings is 1. The third kappa shape index (κ3) is 3.68. The number of carboxylic acid groups (broad SMARTS) is 1. The summed E-state index contributed by atoms with van der Waals surface area (Å²) in [6.07, 6.45) is -0.0674. The number of ether oxygens (including phenoxy) is 1. The molecule has 1 heterocycles. The van der Waals surface area contributed by atoms with E-state index in [4.69, 9.17) is 9.84 Å². The minimum absolute atomic E-state index is 0.0674. The van der Waals surface area contributed by atoms with Crippen LogP contribution >= 0.6 is 11.3 Å². The average molecular weight is 305 g/mol. The number of hydrogen-bond donors (Lipinski definition) is 2. The molecule has 110 valence electrons. The van der Waals surface area contributed by atoms with E-state index >= 15 is 0 Å². The normalized spacial score (nSPS) is 11.9. The molecule has 0 radical (unpaired) electrons. The third-order valence-corrected chi connectivity index (χ3v) is 4.08. The van der Waals surface area contributed by atoms with Crippen molar-refractivity contribution in [3.05, 3.63) is 51.7 Å². The molecule has 0 aliphatic rings. The Morgan fingerprint density at radius 3 is 2.57 bits per heavy atom. The van der Waals surface area contributed by atoms with Gasteiger partial charge in [0.25, 0.3) is 5.91 Å². The number of benzene rings is 1. The monoisotopic (exact) mass is 305 g/mol. The lowest BCUT2D eigenvalue weighted by molar-refractivity contribution is 0.0702. The van der Waals surface area contributed by atoms with Crippen LogP contribution in [0.25, 0.3) is 0 Å². The number of carboxylic acids is 1. The smallest absolute Gasteiger partial charge is 0.345 e. The molecule has 0 bridgehead atoms. The van der Waals surface area contributed by atoms with Crippen LogP contribution in [0.1, 0.15) is 37.9 Å². The fourth-order valence-electron chi connectivity index (χ4n) is 1.77. The van der Waals surface area contributed by atoms with Gasteiger partial charge in [0.05, 0.1) is 11.0 Å². The summed E-state index contributed by atoms with van der Waals surface area (Å²) in [6, 6.07) is 10.3. The van der Waals surface area contributed by atoms with Gasteiger partial charge < -0.3 is 15.2 Å². The van der Waals surface area contributed by atoms with E-state index in [9.17, 15) is 9.59 Å². The molecule has 0 aliphatic carbocycles. The predicted molar refractivity (Wildman–Crippen MR) is 81.1 cm³/mol. The van der Waals surface area contributed by atoms with Gasteiger partial charge in [-0.3, -0.25) is 4.79 Å². The summed E-state index contributed by atoms with van der Waals surface area (Å²) in [4.78, 5) is 23.4. The maximum atomic E-state index is 12.1. The Morgan fingerprint density at radius 2 is 1.95 bits per heavy atom. The summed E-state index contributed by atoms with van der Waals surface area (Å²) >= 11 is 0.947. The molecule has 2 aromatic rings. The van der Waals surface area contributed by atoms with E-state index in [1.807, 2.05) is 25.1 Å². The Bertz CT molecular complexity index is 665. The highest BCUT2D eigenvalue weighted by Crippen LogP contribution is 2.22. The second kappa shape index (κ2) is 6.51. The quantitative estimate of drug-likeness (QED) is 0.887. The SMILES string of the molecule is CO[C@H](C)c1cccc(NC(=O)c2ccc(C(=O)O)s2)c1. The molecule has 5 nitrogen and oxygen atoms in total. The lowest BCUT2D eigenvalue weighted by Crippen LogP contribution is -2.10. The van der Waals surface area contributed by atoms with E-state index in [2.05, 4.69) is 5.32 Å². The van der Waals surface area contributed by atoms with Crippen molar-refractivity contribution in [1.82, 2.24) is 0 Å². The molecular weight excluding hydrogens is 290 g/mol. The fraction of sp³-hybridized carbons (Fsp3) is 0.200. The minimum atomic E-state index is -1.03. The first kappa shape index (κ1) is 15.2. The summed E-state index contributed by atoms with van der Waals surface area (Å²) in [5.74, 6) is -1.36. The van der Waals surface area contributed by atoms with Crippen molar-refractivity contribution in [1.29, 1.82) is 0 Å². The highest BCUT2D eigenvalue weighted by molar-refractivity contribution is 7.15. The first-order valence-electron chi connectivity index (χ1n) is 6.28. The lowest BCUT2D eigenvalue weighted by atomic mass is 10.1. The van der Waals surface area contributed by atoms with Crippen LogP contribution in [0.3, 0.4) is 0 Å². The third-order valence-electron chi connectivity index (χ3n) is 3.01. The van der Waals surface area contributed by atoms with Gasteiger partial charge in [-0.15, -0.1) is 11.3 Å². The summed E-state index contributed by atoms with van der Waals surface area (Å²) in [5, 5.41) is 11.6. The molecule has 1 aromatic carbocycles. The molecule has 1 amide bonds. The fourth-order valence-corrected chi connectivity index (χ4v) is 2.51. The van der Waals surface area contributed by atoms with Crippen LogP contribution in [0.15, 0.2) is 36.4 Å². The maximum absolute atomic E-state index is 12.1. The Kier molecular flexibility index (Phi) is 4.72. The molecule has 0 aliphatic heterocycles. The molecule has 1 atom stereocenters. The van der Waals surface area contributed by atoms with Gasteiger partial charge >= 0.3 is 5.97 Å². The van der Waals surface area contributed by atoms with Crippen molar-refractivity contribution < 1.29 is 19.4 Å². The van der Waals surface area contributed by atoms with Crippen molar-refractivity contribution >= 4 is 28.9 Å². The zero-order valence-electron chi connectivity index (χ0n) is 11.6. The summed E-state index contributed by atoms with van der Waals surface area (Å²) in [7, 11) is 1.62. The van der Waals surface area contributed by atoms with Crippen LogP contribution in [0.4, 0.5) is 5.69 Å². The Morgan fingerprint density at radius 1 is 1.24 bits per heavy atom. The largest absolute Gasteiger partial charge is 0.477 e. The number of nitrogens with one attached hydrogen (secondary N) is 1. The number of carbonyl (C=O) groups excluding carboxylic acids is 1. The van der Waals surface area contributed by atoms with Gasteiger partial charge in [-0.25, -0.2) is 4.79 Å². The van der Waals surface area contributed by atoms with Gasteiger partial charge in [0, 0.05) is 12.8 Å². The highest BCUT2D eigenvalue weighted by Gasteiger charge is 2.13. The zero-order valence-corrected chi connectivity index (χ0v) is 12.4. The van der Waals surface area contributed by atoms with Crippen molar-refractivity contribution in [2.75, 3.05) is 12.4 Å². The van der Waals surface area contributed by atoms with Crippen LogP contribution in [0.5, 0.6) is 0 Å². The van der Waals surface area contributed by atoms with Crippen molar-refractivity contribution in [2.45, 2.75) is 13.0 Å². The van der Waals surface area contributed by atoms with Gasteiger partial charge in [-0.1, -0.05) is 12.1 Å². The second-order valence-electron chi connectivity index (χ2n) is 4.43. The molecular formula is C15H15NO4S. The minimum Gasteiger partial charge on any atom is -0.477 e. The van der Waals surface area contributed by atoms with Crippen molar-refractivity contribution in [3.8, 4) is 0 Å². The number of anilines is 1. The van der Waals surface area contributed by atoms with Gasteiger partial charge in [0.2, 0.25) is 0 Å². The summed E-state index contributed by atoms with van der Waals surface area (Å²) < 4.78 is 5.23. The first-order chi connectivity index (χ1) is 10.0. The molecule has 21 heavy (non-hydrogen) atoms. The lowest BCUT2D eigenvalue weighted by Gasteiger charge is -2.11. The Balaban J connectivity index is 2.13. The van der Waals surface area contributed by atoms with Gasteiger partial charge in [0.15, 0.2) is 0 Å². The van der Waals surface area contributed by atoms with Gasteiger partial charge in [-0.2, -0.15) is 0 Å². The number of rotatable bonds is 5. The van der Waals surface area contributed by atoms with Crippen LogP contribution in [0, 0.1) is 0 Å². The van der Waals surface area contributed by atoms with Crippen molar-refractivity contribution in [3.63, 3.8) is 0 Å². The molecule has 0 saturated carbocycles. The zero-order chi connectivity index (χ0) is 15.4. The first-order valence-corrected chi connectivity index (χ1v) is 7.10. The van der Waals surface area contributed by atoms with E-state index in [1.54, 1.807) is 13.2 Å². The molecule has 2 N–H and O–H groups in total. The standard InChI is InChI=1S/C15H15NO4S/c1-9(20-2)10-4-3-5-11(8-10)16-14(17)12-6-7-13(21-12)15(18)19/h3-9H,1-2H3,(H,16,17)(H,18,19)/t9-/m1/s1. The van der Waals surface area contributed by atoms with Gasteiger partial charge in [0.1, 0.15) is 4.88 Å².